The van der Waals surface area contributed by atoms with E-state index in [1.165, 1.54) is 12.8 Å². The second-order valence-electron chi connectivity index (χ2n) is 4.97. The number of nitrogens with one attached hydrogen (secondary N) is 1. The summed E-state index contributed by atoms with van der Waals surface area (Å²) in [6.07, 6.45) is 4.15. The second kappa shape index (κ2) is 4.15. The van der Waals surface area contributed by atoms with E-state index in [2.05, 4.69) is 10.2 Å². The lowest BCUT2D eigenvalue weighted by atomic mass is 9.93. The highest BCUT2D eigenvalue weighted by molar-refractivity contribution is 4.88. The van der Waals surface area contributed by atoms with Crippen molar-refractivity contribution in [1.82, 2.24) is 10.2 Å². The van der Waals surface area contributed by atoms with Gasteiger partial charge in [-0.05, 0) is 52.2 Å². The molecule has 2 saturated heterocycles. The summed E-state index contributed by atoms with van der Waals surface area (Å²) in [5, 5.41) is 3.35. The largest absolute Gasteiger partial charge is 0.317 e. The van der Waals surface area contributed by atoms with Crippen LogP contribution in [-0.4, -0.2) is 42.8 Å². The van der Waals surface area contributed by atoms with Gasteiger partial charge in [0.1, 0.15) is 5.67 Å². The standard InChI is InChI=1S/C11H21FN2/c1-11(12)5-2-8-14(9-11)10-3-6-13-7-4-10/h10,13H,2-9H2,1H3. The Morgan fingerprint density at radius 1 is 1.36 bits per heavy atom. The number of rotatable bonds is 1. The van der Waals surface area contributed by atoms with Crippen molar-refractivity contribution in [2.75, 3.05) is 26.2 Å². The molecule has 0 aromatic carbocycles. The topological polar surface area (TPSA) is 15.3 Å². The van der Waals surface area contributed by atoms with Gasteiger partial charge >= 0.3 is 0 Å². The van der Waals surface area contributed by atoms with Crippen LogP contribution in [0.1, 0.15) is 32.6 Å². The monoisotopic (exact) mass is 200 g/mol. The van der Waals surface area contributed by atoms with Crippen molar-refractivity contribution in [1.29, 1.82) is 0 Å². The zero-order valence-electron chi connectivity index (χ0n) is 9.06. The Hall–Kier alpha value is -0.150. The van der Waals surface area contributed by atoms with Crippen LogP contribution in [-0.2, 0) is 0 Å². The Labute approximate surface area is 85.9 Å². The Balaban J connectivity index is 1.89. The van der Waals surface area contributed by atoms with Gasteiger partial charge in [0.05, 0.1) is 0 Å². The average Bonchev–Trinajstić information content (AvgIpc) is 2.18. The molecule has 2 fully saturated rings. The number of alkyl halides is 1. The van der Waals surface area contributed by atoms with E-state index in [0.29, 0.717) is 12.6 Å². The maximum absolute atomic E-state index is 13.8. The lowest BCUT2D eigenvalue weighted by molar-refractivity contribution is 0.0268. The van der Waals surface area contributed by atoms with Crippen molar-refractivity contribution in [2.24, 2.45) is 0 Å². The fourth-order valence-corrected chi connectivity index (χ4v) is 2.72. The first-order valence-corrected chi connectivity index (χ1v) is 5.81. The fourth-order valence-electron chi connectivity index (χ4n) is 2.72. The van der Waals surface area contributed by atoms with Crippen LogP contribution in [0.2, 0.25) is 0 Å². The van der Waals surface area contributed by atoms with E-state index in [0.717, 1.165) is 32.5 Å². The smallest absolute Gasteiger partial charge is 0.120 e. The summed E-state index contributed by atoms with van der Waals surface area (Å²) in [5.74, 6) is 0. The Kier molecular flexibility index (Phi) is 3.07. The van der Waals surface area contributed by atoms with Crippen LogP contribution in [0, 0.1) is 0 Å². The Morgan fingerprint density at radius 2 is 2.07 bits per heavy atom. The molecule has 0 bridgehead atoms. The zero-order valence-corrected chi connectivity index (χ0v) is 9.06. The van der Waals surface area contributed by atoms with Gasteiger partial charge in [-0.15, -0.1) is 0 Å². The number of piperidine rings is 2. The van der Waals surface area contributed by atoms with Crippen molar-refractivity contribution in [2.45, 2.75) is 44.3 Å². The van der Waals surface area contributed by atoms with Gasteiger partial charge in [-0.1, -0.05) is 0 Å². The lowest BCUT2D eigenvalue weighted by Crippen LogP contribution is -2.51. The van der Waals surface area contributed by atoms with E-state index in [9.17, 15) is 4.39 Å². The molecule has 2 aliphatic heterocycles. The molecule has 0 saturated carbocycles. The number of likely N-dealkylation sites (tertiary alicyclic amines) is 1. The summed E-state index contributed by atoms with van der Waals surface area (Å²) in [6, 6.07) is 0.631. The third-order valence-electron chi connectivity index (χ3n) is 3.50. The molecule has 2 nitrogen and oxygen atoms in total. The third-order valence-corrected chi connectivity index (χ3v) is 3.50. The van der Waals surface area contributed by atoms with E-state index in [1.807, 2.05) is 0 Å². The van der Waals surface area contributed by atoms with E-state index >= 15 is 0 Å². The van der Waals surface area contributed by atoms with E-state index < -0.39 is 5.67 Å². The third kappa shape index (κ3) is 2.45. The van der Waals surface area contributed by atoms with Gasteiger partial charge in [-0.25, -0.2) is 4.39 Å². The predicted octanol–water partition coefficient (Wildman–Crippen LogP) is 1.56. The number of halogens is 1. The van der Waals surface area contributed by atoms with Crippen molar-refractivity contribution in [3.05, 3.63) is 0 Å². The molecule has 82 valence electrons. The van der Waals surface area contributed by atoms with Crippen LogP contribution in [0.25, 0.3) is 0 Å². The van der Waals surface area contributed by atoms with Crippen molar-refractivity contribution in [3.8, 4) is 0 Å². The highest BCUT2D eigenvalue weighted by Crippen LogP contribution is 2.27. The first-order valence-electron chi connectivity index (χ1n) is 5.81. The molecule has 3 heteroatoms. The first-order chi connectivity index (χ1) is 6.67. The summed E-state index contributed by atoms with van der Waals surface area (Å²) in [6.45, 7) is 5.70. The molecule has 0 aromatic rings. The molecule has 2 aliphatic rings. The quantitative estimate of drug-likeness (QED) is 0.691. The lowest BCUT2D eigenvalue weighted by Gasteiger charge is -2.41. The Bertz CT molecular complexity index is 188. The minimum atomic E-state index is -0.941. The SMILES string of the molecule is CC1(F)CCCN(C2CCNCC2)C1. The highest BCUT2D eigenvalue weighted by Gasteiger charge is 2.33. The van der Waals surface area contributed by atoms with Crippen molar-refractivity contribution < 1.29 is 4.39 Å². The van der Waals surface area contributed by atoms with Crippen LogP contribution < -0.4 is 5.32 Å². The molecule has 0 aromatic heterocycles. The van der Waals surface area contributed by atoms with Crippen LogP contribution in [0.15, 0.2) is 0 Å². The molecular formula is C11H21FN2. The van der Waals surface area contributed by atoms with Gasteiger partial charge in [0.2, 0.25) is 0 Å². The summed E-state index contributed by atoms with van der Waals surface area (Å²) >= 11 is 0. The number of hydrogen-bond donors (Lipinski definition) is 1. The highest BCUT2D eigenvalue weighted by atomic mass is 19.1. The maximum Gasteiger partial charge on any atom is 0.120 e. The normalized spacial score (nSPS) is 37.3. The summed E-state index contributed by atoms with van der Waals surface area (Å²) in [5.41, 5.74) is -0.941. The molecule has 0 aliphatic carbocycles. The molecule has 0 radical (unpaired) electrons. The van der Waals surface area contributed by atoms with Gasteiger partial charge in [0.25, 0.3) is 0 Å². The van der Waals surface area contributed by atoms with Gasteiger partial charge in [0, 0.05) is 12.6 Å². The minimum absolute atomic E-state index is 0.631. The van der Waals surface area contributed by atoms with E-state index in [4.69, 9.17) is 0 Å². The van der Waals surface area contributed by atoms with Crippen molar-refractivity contribution >= 4 is 0 Å². The molecule has 2 rings (SSSR count). The molecule has 0 spiro atoms. The fraction of sp³-hybridized carbons (Fsp3) is 1.00. The first kappa shape index (κ1) is 10.4. The van der Waals surface area contributed by atoms with E-state index in [1.54, 1.807) is 6.92 Å². The number of nitrogens with zero attached hydrogens (tertiary/aromatic N) is 1. The summed E-state index contributed by atoms with van der Waals surface area (Å²) in [7, 11) is 0. The Morgan fingerprint density at radius 3 is 2.71 bits per heavy atom. The summed E-state index contributed by atoms with van der Waals surface area (Å²) < 4.78 is 13.8. The molecule has 1 N–H and O–H groups in total. The molecule has 0 amide bonds. The van der Waals surface area contributed by atoms with Crippen LogP contribution in [0.4, 0.5) is 4.39 Å². The second-order valence-corrected chi connectivity index (χ2v) is 4.97. The molecule has 14 heavy (non-hydrogen) atoms. The van der Waals surface area contributed by atoms with Crippen LogP contribution in [0.3, 0.4) is 0 Å². The van der Waals surface area contributed by atoms with Gasteiger partial charge in [-0.2, -0.15) is 0 Å². The summed E-state index contributed by atoms with van der Waals surface area (Å²) in [4.78, 5) is 2.37. The number of hydrogen-bond acceptors (Lipinski definition) is 2. The average molecular weight is 200 g/mol. The maximum atomic E-state index is 13.8. The van der Waals surface area contributed by atoms with E-state index in [-0.39, 0.29) is 0 Å². The molecule has 1 unspecified atom stereocenters. The molecule has 1 atom stereocenters. The zero-order chi connectivity index (χ0) is 10.0. The predicted molar refractivity (Wildman–Crippen MR) is 56.2 cm³/mol. The van der Waals surface area contributed by atoms with Crippen LogP contribution >= 0.6 is 0 Å². The molecule has 2 heterocycles. The van der Waals surface area contributed by atoms with Crippen LogP contribution in [0.5, 0.6) is 0 Å². The molecular weight excluding hydrogens is 179 g/mol. The minimum Gasteiger partial charge on any atom is -0.317 e. The van der Waals surface area contributed by atoms with Gasteiger partial charge in [-0.3, -0.25) is 4.90 Å². The van der Waals surface area contributed by atoms with Gasteiger partial charge < -0.3 is 5.32 Å². The van der Waals surface area contributed by atoms with Crippen molar-refractivity contribution in [3.63, 3.8) is 0 Å². The van der Waals surface area contributed by atoms with Gasteiger partial charge in [0.15, 0.2) is 0 Å².